The van der Waals surface area contributed by atoms with E-state index < -0.39 is 5.82 Å². The Bertz CT molecular complexity index is 1230. The van der Waals surface area contributed by atoms with Crippen molar-refractivity contribution in [2.75, 3.05) is 43.4 Å². The van der Waals surface area contributed by atoms with E-state index in [9.17, 15) is 4.39 Å². The molecule has 0 spiro atoms. The quantitative estimate of drug-likeness (QED) is 0.589. The van der Waals surface area contributed by atoms with Gasteiger partial charge in [0.15, 0.2) is 11.0 Å². The highest BCUT2D eigenvalue weighted by molar-refractivity contribution is 6.32. The number of aliphatic imine (C=N–C) groups is 1. The van der Waals surface area contributed by atoms with Gasteiger partial charge >= 0.3 is 0 Å². The molecule has 3 aromatic rings. The van der Waals surface area contributed by atoms with Crippen LogP contribution in [0.2, 0.25) is 5.15 Å². The van der Waals surface area contributed by atoms with Gasteiger partial charge in [0.25, 0.3) is 0 Å². The van der Waals surface area contributed by atoms with Crippen molar-refractivity contribution in [1.29, 1.82) is 0 Å². The second kappa shape index (κ2) is 9.31. The molecule has 0 unspecified atom stereocenters. The molecule has 5 rings (SSSR count). The van der Waals surface area contributed by atoms with Gasteiger partial charge in [-0.1, -0.05) is 23.7 Å². The van der Waals surface area contributed by atoms with Gasteiger partial charge in [-0.05, 0) is 55.7 Å². The predicted octanol–water partition coefficient (Wildman–Crippen LogP) is 4.69. The fraction of sp³-hybridized carbons (Fsp3) is 0.346. The largest absolute Gasteiger partial charge is 0.382 e. The zero-order valence-electron chi connectivity index (χ0n) is 19.4. The third-order valence-corrected chi connectivity index (χ3v) is 6.92. The average molecular weight is 479 g/mol. The minimum atomic E-state index is -0.405. The molecule has 176 valence electrons. The highest BCUT2D eigenvalue weighted by Gasteiger charge is 2.21. The van der Waals surface area contributed by atoms with Gasteiger partial charge in [-0.3, -0.25) is 9.89 Å². The summed E-state index contributed by atoms with van der Waals surface area (Å²) in [7, 11) is 0. The molecular weight excluding hydrogens is 451 g/mol. The number of nitrogen functional groups attached to an aromatic ring is 1. The zero-order chi connectivity index (χ0) is 23.8. The standard InChI is InChI=1S/C26H28ClFN6/c1-16(2)33-9-11-34(12-10-33)20-5-3-17(4-6-20)23-25(27)32-26(29)24(31-23)21-13-18-7-8-30-15-19(18)14-22(21)28/h3-6,13-16H,7-12H2,1-2H3,(H2,29,32). The van der Waals surface area contributed by atoms with Crippen molar-refractivity contribution in [1.82, 2.24) is 14.9 Å². The Balaban J connectivity index is 1.44. The van der Waals surface area contributed by atoms with Gasteiger partial charge < -0.3 is 10.6 Å². The van der Waals surface area contributed by atoms with Crippen LogP contribution in [0, 0.1) is 5.82 Å². The fourth-order valence-electron chi connectivity index (χ4n) is 4.63. The van der Waals surface area contributed by atoms with Crippen LogP contribution in [0.4, 0.5) is 15.9 Å². The Hall–Kier alpha value is -3.03. The molecule has 2 aliphatic heterocycles. The number of anilines is 2. The van der Waals surface area contributed by atoms with E-state index in [0.717, 1.165) is 55.0 Å². The SMILES string of the molecule is CC(C)N1CCN(c2ccc(-c3nc(-c4cc5c(cc4F)C=NCC5)c(N)nc3Cl)cc2)CC1. The summed E-state index contributed by atoms with van der Waals surface area (Å²) in [4.78, 5) is 18.1. The fourth-order valence-corrected chi connectivity index (χ4v) is 4.88. The summed E-state index contributed by atoms with van der Waals surface area (Å²) in [5, 5.41) is 0.199. The van der Waals surface area contributed by atoms with Crippen molar-refractivity contribution < 1.29 is 4.39 Å². The lowest BCUT2D eigenvalue weighted by atomic mass is 9.98. The Morgan fingerprint density at radius 3 is 2.44 bits per heavy atom. The van der Waals surface area contributed by atoms with E-state index in [1.165, 1.54) is 6.07 Å². The number of aromatic nitrogens is 2. The lowest BCUT2D eigenvalue weighted by molar-refractivity contribution is 0.209. The van der Waals surface area contributed by atoms with E-state index in [1.807, 2.05) is 12.1 Å². The molecule has 0 atom stereocenters. The van der Waals surface area contributed by atoms with Crippen molar-refractivity contribution in [2.24, 2.45) is 4.99 Å². The first-order valence-electron chi connectivity index (χ1n) is 11.7. The van der Waals surface area contributed by atoms with Gasteiger partial charge in [0.1, 0.15) is 17.2 Å². The maximum Gasteiger partial charge on any atom is 0.157 e. The number of fused-ring (bicyclic) bond motifs is 1. The van der Waals surface area contributed by atoms with Gasteiger partial charge in [0.05, 0.1) is 0 Å². The lowest BCUT2D eigenvalue weighted by Crippen LogP contribution is -2.48. The van der Waals surface area contributed by atoms with E-state index >= 15 is 0 Å². The lowest BCUT2D eigenvalue weighted by Gasteiger charge is -2.38. The monoisotopic (exact) mass is 478 g/mol. The number of hydrogen-bond acceptors (Lipinski definition) is 6. The number of nitrogens with zero attached hydrogens (tertiary/aromatic N) is 5. The summed E-state index contributed by atoms with van der Waals surface area (Å²) in [6.07, 6.45) is 2.46. The number of rotatable bonds is 4. The molecule has 0 aliphatic carbocycles. The van der Waals surface area contributed by atoms with E-state index in [2.05, 4.69) is 50.7 Å². The second-order valence-corrected chi connectivity index (χ2v) is 9.43. The van der Waals surface area contributed by atoms with Crippen LogP contribution in [0.25, 0.3) is 22.5 Å². The smallest absolute Gasteiger partial charge is 0.157 e. The molecule has 2 N–H and O–H groups in total. The summed E-state index contributed by atoms with van der Waals surface area (Å²) in [6.45, 7) is 9.25. The summed E-state index contributed by atoms with van der Waals surface area (Å²) < 4.78 is 15.0. The molecule has 0 bridgehead atoms. The summed E-state index contributed by atoms with van der Waals surface area (Å²) >= 11 is 6.43. The highest BCUT2D eigenvalue weighted by Crippen LogP contribution is 2.34. The molecule has 1 aromatic heterocycles. The molecule has 34 heavy (non-hydrogen) atoms. The van der Waals surface area contributed by atoms with Crippen LogP contribution in [-0.4, -0.2) is 59.8 Å². The molecule has 1 fully saturated rings. The molecule has 3 heterocycles. The maximum absolute atomic E-state index is 15.0. The first kappa shape index (κ1) is 22.7. The van der Waals surface area contributed by atoms with Crippen LogP contribution in [0.15, 0.2) is 41.4 Å². The van der Waals surface area contributed by atoms with Crippen molar-refractivity contribution >= 4 is 29.3 Å². The van der Waals surface area contributed by atoms with Crippen molar-refractivity contribution in [3.05, 3.63) is 58.5 Å². The topological polar surface area (TPSA) is 70.6 Å². The molecule has 1 saturated heterocycles. The number of hydrogen-bond donors (Lipinski definition) is 1. The van der Waals surface area contributed by atoms with Crippen LogP contribution in [0.3, 0.4) is 0 Å². The van der Waals surface area contributed by atoms with Gasteiger partial charge in [0, 0.05) is 61.8 Å². The van der Waals surface area contributed by atoms with E-state index in [4.69, 9.17) is 17.3 Å². The van der Waals surface area contributed by atoms with E-state index in [1.54, 1.807) is 12.3 Å². The van der Waals surface area contributed by atoms with Crippen LogP contribution in [-0.2, 0) is 6.42 Å². The van der Waals surface area contributed by atoms with Gasteiger partial charge in [-0.2, -0.15) is 0 Å². The highest BCUT2D eigenvalue weighted by atomic mass is 35.5. The molecule has 2 aliphatic rings. The second-order valence-electron chi connectivity index (χ2n) is 9.08. The van der Waals surface area contributed by atoms with Crippen LogP contribution in [0.5, 0.6) is 0 Å². The Morgan fingerprint density at radius 1 is 1.00 bits per heavy atom. The Labute approximate surface area is 204 Å². The number of piperazine rings is 1. The Morgan fingerprint density at radius 2 is 1.74 bits per heavy atom. The molecular formula is C26H28ClFN6. The van der Waals surface area contributed by atoms with Crippen molar-refractivity contribution in [3.8, 4) is 22.5 Å². The maximum atomic E-state index is 15.0. The number of nitrogens with two attached hydrogens (primary N) is 1. The first-order valence-corrected chi connectivity index (χ1v) is 12.0. The molecule has 8 heteroatoms. The van der Waals surface area contributed by atoms with Crippen LogP contribution >= 0.6 is 11.6 Å². The van der Waals surface area contributed by atoms with Crippen LogP contribution in [0.1, 0.15) is 25.0 Å². The van der Waals surface area contributed by atoms with Crippen molar-refractivity contribution in [2.45, 2.75) is 26.3 Å². The average Bonchev–Trinajstić information content (AvgIpc) is 2.84. The van der Waals surface area contributed by atoms with Gasteiger partial charge in [-0.15, -0.1) is 0 Å². The minimum Gasteiger partial charge on any atom is -0.382 e. The van der Waals surface area contributed by atoms with E-state index in [0.29, 0.717) is 29.5 Å². The third kappa shape index (κ3) is 4.38. The molecule has 2 aromatic carbocycles. The van der Waals surface area contributed by atoms with E-state index in [-0.39, 0.29) is 11.0 Å². The molecule has 6 nitrogen and oxygen atoms in total. The predicted molar refractivity (Wildman–Crippen MR) is 137 cm³/mol. The summed E-state index contributed by atoms with van der Waals surface area (Å²) in [5.41, 5.74) is 11.0. The minimum absolute atomic E-state index is 0.108. The Kier molecular flexibility index (Phi) is 6.23. The zero-order valence-corrected chi connectivity index (χ0v) is 20.2. The van der Waals surface area contributed by atoms with Crippen molar-refractivity contribution in [3.63, 3.8) is 0 Å². The normalized spacial score (nSPS) is 16.2. The first-order chi connectivity index (χ1) is 16.4. The summed E-state index contributed by atoms with van der Waals surface area (Å²) in [6, 6.07) is 12.0. The molecule has 0 radical (unpaired) electrons. The third-order valence-electron chi connectivity index (χ3n) is 6.66. The number of halogens is 2. The molecule has 0 amide bonds. The molecule has 0 saturated carbocycles. The van der Waals surface area contributed by atoms with Crippen LogP contribution < -0.4 is 10.6 Å². The summed E-state index contributed by atoms with van der Waals surface area (Å²) in [5.74, 6) is -0.297. The number of benzene rings is 2. The van der Waals surface area contributed by atoms with Gasteiger partial charge in [0.2, 0.25) is 0 Å². The van der Waals surface area contributed by atoms with Gasteiger partial charge in [-0.25, -0.2) is 14.4 Å².